The van der Waals surface area contributed by atoms with Crippen molar-refractivity contribution in [3.05, 3.63) is 55.7 Å². The second-order valence-corrected chi connectivity index (χ2v) is 6.27. The molecule has 0 spiro atoms. The topological polar surface area (TPSA) is 38.0 Å². The first-order valence-corrected chi connectivity index (χ1v) is 6.80. The van der Waals surface area contributed by atoms with E-state index in [1.807, 2.05) is 13.0 Å². The summed E-state index contributed by atoms with van der Waals surface area (Å²) in [6.07, 6.45) is 0. The molecule has 18 heavy (non-hydrogen) atoms. The maximum absolute atomic E-state index is 13.7. The standard InChI is InChI=1S/C12H11BrF2N2S/c1-6-4-10(18-12(6)13)11(17-16)8-5-7(14)2-3-9(8)15/h2-5,11,17H,16H2,1H3. The Morgan fingerprint density at radius 3 is 2.61 bits per heavy atom. The van der Waals surface area contributed by atoms with Crippen LogP contribution in [0.4, 0.5) is 8.78 Å². The highest BCUT2D eigenvalue weighted by Crippen LogP contribution is 2.34. The highest BCUT2D eigenvalue weighted by molar-refractivity contribution is 9.11. The Morgan fingerprint density at radius 1 is 1.33 bits per heavy atom. The van der Waals surface area contributed by atoms with Gasteiger partial charge in [0.25, 0.3) is 0 Å². The van der Waals surface area contributed by atoms with E-state index in [2.05, 4.69) is 21.4 Å². The average Bonchev–Trinajstić information content (AvgIpc) is 2.65. The third-order valence-corrected chi connectivity index (χ3v) is 4.80. The molecular weight excluding hydrogens is 322 g/mol. The van der Waals surface area contributed by atoms with Crippen LogP contribution in [0.15, 0.2) is 28.1 Å². The molecule has 1 heterocycles. The predicted octanol–water partition coefficient (Wildman–Crippen LogP) is 3.65. The number of rotatable bonds is 3. The molecule has 1 aromatic heterocycles. The summed E-state index contributed by atoms with van der Waals surface area (Å²) >= 11 is 4.84. The Hall–Kier alpha value is -0.820. The summed E-state index contributed by atoms with van der Waals surface area (Å²) in [5.41, 5.74) is 3.76. The van der Waals surface area contributed by atoms with E-state index < -0.39 is 17.7 Å². The van der Waals surface area contributed by atoms with Crippen molar-refractivity contribution in [3.8, 4) is 0 Å². The number of hydrogen-bond donors (Lipinski definition) is 2. The maximum atomic E-state index is 13.7. The molecule has 2 rings (SSSR count). The molecular formula is C12H11BrF2N2S. The predicted molar refractivity (Wildman–Crippen MR) is 72.3 cm³/mol. The Bertz CT molecular complexity index is 552. The summed E-state index contributed by atoms with van der Waals surface area (Å²) in [5.74, 6) is 4.50. The summed E-state index contributed by atoms with van der Waals surface area (Å²) in [4.78, 5) is 0.825. The molecule has 1 unspecified atom stereocenters. The lowest BCUT2D eigenvalue weighted by Crippen LogP contribution is -2.29. The average molecular weight is 333 g/mol. The van der Waals surface area contributed by atoms with Gasteiger partial charge in [-0.3, -0.25) is 5.84 Å². The third kappa shape index (κ3) is 2.61. The molecule has 0 saturated heterocycles. The number of hydrogen-bond acceptors (Lipinski definition) is 3. The fourth-order valence-electron chi connectivity index (χ4n) is 1.69. The molecule has 0 radical (unpaired) electrons. The summed E-state index contributed by atoms with van der Waals surface area (Å²) in [6, 6.07) is 4.68. The van der Waals surface area contributed by atoms with Gasteiger partial charge in [0, 0.05) is 10.4 Å². The monoisotopic (exact) mass is 332 g/mol. The van der Waals surface area contributed by atoms with Crippen molar-refractivity contribution in [1.82, 2.24) is 5.43 Å². The molecule has 1 aromatic carbocycles. The Labute approximate surface area is 116 Å². The molecule has 0 aliphatic carbocycles. The number of halogens is 3. The zero-order valence-electron chi connectivity index (χ0n) is 9.51. The molecule has 2 aromatic rings. The van der Waals surface area contributed by atoms with Crippen molar-refractivity contribution in [2.45, 2.75) is 13.0 Å². The van der Waals surface area contributed by atoms with Crippen molar-refractivity contribution in [1.29, 1.82) is 0 Å². The van der Waals surface area contributed by atoms with Crippen molar-refractivity contribution >= 4 is 27.3 Å². The van der Waals surface area contributed by atoms with Gasteiger partial charge >= 0.3 is 0 Å². The van der Waals surface area contributed by atoms with E-state index in [1.165, 1.54) is 11.3 Å². The lowest BCUT2D eigenvalue weighted by atomic mass is 10.0. The van der Waals surface area contributed by atoms with Crippen LogP contribution in [0.3, 0.4) is 0 Å². The summed E-state index contributed by atoms with van der Waals surface area (Å²) in [6.45, 7) is 1.93. The van der Waals surface area contributed by atoms with Gasteiger partial charge in [-0.1, -0.05) is 0 Å². The number of aryl methyl sites for hydroxylation is 1. The largest absolute Gasteiger partial charge is 0.271 e. The van der Waals surface area contributed by atoms with E-state index in [-0.39, 0.29) is 5.56 Å². The summed E-state index contributed by atoms with van der Waals surface area (Å²) < 4.78 is 27.9. The quantitative estimate of drug-likeness (QED) is 0.665. The van der Waals surface area contributed by atoms with Gasteiger partial charge in [-0.15, -0.1) is 11.3 Å². The van der Waals surface area contributed by atoms with Crippen LogP contribution in [0, 0.1) is 18.6 Å². The molecule has 6 heteroatoms. The molecule has 0 aliphatic rings. The van der Waals surface area contributed by atoms with E-state index in [4.69, 9.17) is 5.84 Å². The van der Waals surface area contributed by atoms with Gasteiger partial charge < -0.3 is 0 Å². The highest BCUT2D eigenvalue weighted by Gasteiger charge is 2.20. The SMILES string of the molecule is Cc1cc(C(NN)c2cc(F)ccc2F)sc1Br. The first kappa shape index (κ1) is 13.6. The van der Waals surface area contributed by atoms with Gasteiger partial charge in [-0.25, -0.2) is 14.2 Å². The second-order valence-electron chi connectivity index (χ2n) is 3.87. The Morgan fingerprint density at radius 2 is 2.06 bits per heavy atom. The number of thiophene rings is 1. The van der Waals surface area contributed by atoms with Gasteiger partial charge in [-0.2, -0.15) is 0 Å². The summed E-state index contributed by atoms with van der Waals surface area (Å²) in [5, 5.41) is 0. The zero-order valence-corrected chi connectivity index (χ0v) is 11.9. The van der Waals surface area contributed by atoms with Crippen molar-refractivity contribution in [2.75, 3.05) is 0 Å². The second kappa shape index (κ2) is 5.44. The number of nitrogens with one attached hydrogen (secondary N) is 1. The van der Waals surface area contributed by atoms with E-state index in [1.54, 1.807) is 0 Å². The maximum Gasteiger partial charge on any atom is 0.128 e. The Balaban J connectivity index is 2.48. The highest BCUT2D eigenvalue weighted by atomic mass is 79.9. The minimum atomic E-state index is -0.560. The minimum absolute atomic E-state index is 0.200. The number of benzene rings is 1. The van der Waals surface area contributed by atoms with Crippen LogP contribution in [0.1, 0.15) is 22.0 Å². The molecule has 2 nitrogen and oxygen atoms in total. The molecule has 96 valence electrons. The molecule has 0 bridgehead atoms. The number of hydrazine groups is 1. The fraction of sp³-hybridized carbons (Fsp3) is 0.167. The van der Waals surface area contributed by atoms with Crippen LogP contribution in [-0.2, 0) is 0 Å². The first-order valence-electron chi connectivity index (χ1n) is 5.20. The molecule has 0 saturated carbocycles. The molecule has 1 atom stereocenters. The van der Waals surface area contributed by atoms with E-state index in [0.29, 0.717) is 0 Å². The molecule has 0 amide bonds. The lowest BCUT2D eigenvalue weighted by molar-refractivity contribution is 0.549. The molecule has 0 aliphatic heterocycles. The normalized spacial score (nSPS) is 12.7. The van der Waals surface area contributed by atoms with E-state index in [0.717, 1.165) is 32.4 Å². The zero-order chi connectivity index (χ0) is 13.3. The van der Waals surface area contributed by atoms with Crippen molar-refractivity contribution in [2.24, 2.45) is 5.84 Å². The minimum Gasteiger partial charge on any atom is -0.271 e. The van der Waals surface area contributed by atoms with Gasteiger partial charge in [0.15, 0.2) is 0 Å². The fourth-order valence-corrected chi connectivity index (χ4v) is 3.34. The van der Waals surface area contributed by atoms with Crippen LogP contribution >= 0.6 is 27.3 Å². The van der Waals surface area contributed by atoms with Crippen LogP contribution in [0.2, 0.25) is 0 Å². The third-order valence-electron chi connectivity index (χ3n) is 2.60. The van der Waals surface area contributed by atoms with Crippen molar-refractivity contribution in [3.63, 3.8) is 0 Å². The van der Waals surface area contributed by atoms with Gasteiger partial charge in [0.2, 0.25) is 0 Å². The van der Waals surface area contributed by atoms with Gasteiger partial charge in [-0.05, 0) is 52.7 Å². The van der Waals surface area contributed by atoms with E-state index >= 15 is 0 Å². The van der Waals surface area contributed by atoms with E-state index in [9.17, 15) is 8.78 Å². The van der Waals surface area contributed by atoms with Crippen LogP contribution in [0.5, 0.6) is 0 Å². The Kier molecular flexibility index (Phi) is 4.11. The van der Waals surface area contributed by atoms with Crippen LogP contribution in [-0.4, -0.2) is 0 Å². The summed E-state index contributed by atoms with van der Waals surface area (Å²) in [7, 11) is 0. The van der Waals surface area contributed by atoms with Gasteiger partial charge in [0.05, 0.1) is 9.83 Å². The lowest BCUT2D eigenvalue weighted by Gasteiger charge is -2.15. The van der Waals surface area contributed by atoms with Crippen LogP contribution < -0.4 is 11.3 Å². The molecule has 3 N–H and O–H groups in total. The van der Waals surface area contributed by atoms with Crippen molar-refractivity contribution < 1.29 is 8.78 Å². The van der Waals surface area contributed by atoms with Gasteiger partial charge in [0.1, 0.15) is 11.6 Å². The smallest absolute Gasteiger partial charge is 0.128 e. The van der Waals surface area contributed by atoms with Crippen LogP contribution in [0.25, 0.3) is 0 Å². The first-order chi connectivity index (χ1) is 8.52. The molecule has 0 fully saturated rings. The number of nitrogens with two attached hydrogens (primary N) is 1.